The smallest absolute Gasteiger partial charge is 0.317 e. The Balaban J connectivity index is 1.51. The molecule has 0 heterocycles. The molecule has 0 unspecified atom stereocenters. The van der Waals surface area contributed by atoms with Crippen LogP contribution in [0.3, 0.4) is 0 Å². The summed E-state index contributed by atoms with van der Waals surface area (Å²) in [5.74, 6) is -0.748. The van der Waals surface area contributed by atoms with E-state index >= 15 is 0 Å². The molecule has 0 aromatic heterocycles. The molecule has 0 bridgehead atoms. The van der Waals surface area contributed by atoms with Gasteiger partial charge in [0.05, 0.1) is 19.6 Å². The number of esters is 1. The minimum Gasteiger partial charge on any atom is -0.493 e. The summed E-state index contributed by atoms with van der Waals surface area (Å²) in [7, 11) is 2.95. The minimum absolute atomic E-state index is 0.266. The molecule has 1 fully saturated rings. The van der Waals surface area contributed by atoms with Gasteiger partial charge in [0.15, 0.2) is 18.1 Å². The normalized spacial score (nSPS) is 14.1. The molecule has 0 atom stereocenters. The van der Waals surface area contributed by atoms with E-state index < -0.39 is 29.8 Å². The molecule has 158 valence electrons. The summed E-state index contributed by atoms with van der Waals surface area (Å²) in [5, 5.41) is 0. The van der Waals surface area contributed by atoms with E-state index in [1.807, 2.05) is 30.3 Å². The van der Waals surface area contributed by atoms with Crippen molar-refractivity contribution in [1.82, 2.24) is 10.9 Å². The molecule has 0 saturated heterocycles. The Kier molecular flexibility index (Phi) is 6.56. The van der Waals surface area contributed by atoms with Crippen molar-refractivity contribution in [2.24, 2.45) is 0 Å². The summed E-state index contributed by atoms with van der Waals surface area (Å²) in [6, 6.07) is 14.0. The molecule has 2 N–H and O–H groups in total. The monoisotopic (exact) mass is 412 g/mol. The van der Waals surface area contributed by atoms with Crippen molar-refractivity contribution in [2.75, 3.05) is 20.8 Å². The predicted molar refractivity (Wildman–Crippen MR) is 108 cm³/mol. The largest absolute Gasteiger partial charge is 0.493 e. The summed E-state index contributed by atoms with van der Waals surface area (Å²) in [6.45, 7) is -0.486. The van der Waals surface area contributed by atoms with Gasteiger partial charge in [-0.1, -0.05) is 36.8 Å². The molecule has 30 heavy (non-hydrogen) atoms. The van der Waals surface area contributed by atoms with Gasteiger partial charge in [-0.05, 0) is 36.6 Å². The highest BCUT2D eigenvalue weighted by atomic mass is 16.5. The third-order valence-electron chi connectivity index (χ3n) is 5.22. The van der Waals surface area contributed by atoms with E-state index in [-0.39, 0.29) is 5.56 Å². The summed E-state index contributed by atoms with van der Waals surface area (Å²) in [5.41, 5.74) is 4.99. The van der Waals surface area contributed by atoms with Crippen LogP contribution in [0.15, 0.2) is 48.5 Å². The van der Waals surface area contributed by atoms with Crippen molar-refractivity contribution in [2.45, 2.75) is 24.7 Å². The van der Waals surface area contributed by atoms with Gasteiger partial charge in [-0.3, -0.25) is 25.2 Å². The first-order valence-electron chi connectivity index (χ1n) is 9.54. The Bertz CT molecular complexity index is 924. The van der Waals surface area contributed by atoms with Crippen LogP contribution in [0.5, 0.6) is 11.5 Å². The van der Waals surface area contributed by atoms with Crippen LogP contribution in [-0.4, -0.2) is 38.6 Å². The Hall–Kier alpha value is -3.55. The molecule has 0 spiro atoms. The fraction of sp³-hybridized carbons (Fsp3) is 0.318. The topological polar surface area (TPSA) is 103 Å². The zero-order valence-corrected chi connectivity index (χ0v) is 16.9. The summed E-state index contributed by atoms with van der Waals surface area (Å²) in [4.78, 5) is 36.9. The number of hydrazine groups is 1. The summed E-state index contributed by atoms with van der Waals surface area (Å²) in [6.07, 6.45) is 2.30. The number of carbonyl (C=O) groups excluding carboxylic acids is 3. The lowest BCUT2D eigenvalue weighted by atomic mass is 9.64. The molecule has 3 rings (SSSR count). The molecular weight excluding hydrogens is 388 g/mol. The maximum absolute atomic E-state index is 12.6. The summed E-state index contributed by atoms with van der Waals surface area (Å²) < 4.78 is 15.5. The average molecular weight is 412 g/mol. The SMILES string of the molecule is COc1ccc(C(=O)NNC(=O)COC(=O)C2(c3ccccc3)CCC2)cc1OC. The number of methoxy groups -OCH3 is 2. The Morgan fingerprint density at radius 2 is 1.63 bits per heavy atom. The summed E-state index contributed by atoms with van der Waals surface area (Å²) >= 11 is 0. The van der Waals surface area contributed by atoms with Crippen LogP contribution in [-0.2, 0) is 19.7 Å². The number of hydrogen-bond acceptors (Lipinski definition) is 6. The minimum atomic E-state index is -0.690. The molecule has 8 heteroatoms. The molecule has 1 aliphatic carbocycles. The number of nitrogens with one attached hydrogen (secondary N) is 2. The van der Waals surface area contributed by atoms with Crippen LogP contribution in [0.4, 0.5) is 0 Å². The van der Waals surface area contributed by atoms with Gasteiger partial charge >= 0.3 is 5.97 Å². The van der Waals surface area contributed by atoms with E-state index in [1.54, 1.807) is 6.07 Å². The molecule has 1 saturated carbocycles. The van der Waals surface area contributed by atoms with Crippen LogP contribution < -0.4 is 20.3 Å². The third-order valence-corrected chi connectivity index (χ3v) is 5.22. The molecule has 0 radical (unpaired) electrons. The van der Waals surface area contributed by atoms with E-state index in [0.717, 1.165) is 12.0 Å². The molecule has 2 aromatic carbocycles. The quantitative estimate of drug-likeness (QED) is 0.534. The van der Waals surface area contributed by atoms with E-state index in [2.05, 4.69) is 10.9 Å². The zero-order chi connectivity index (χ0) is 21.6. The van der Waals surface area contributed by atoms with Crippen molar-refractivity contribution >= 4 is 17.8 Å². The van der Waals surface area contributed by atoms with Crippen LogP contribution in [0.1, 0.15) is 35.2 Å². The maximum Gasteiger partial charge on any atom is 0.317 e. The second-order valence-corrected chi connectivity index (χ2v) is 6.95. The Labute approximate surface area is 174 Å². The van der Waals surface area contributed by atoms with Gasteiger partial charge in [-0.25, -0.2) is 0 Å². The number of hydrogen-bond donors (Lipinski definition) is 2. The van der Waals surface area contributed by atoms with Crippen molar-refractivity contribution < 1.29 is 28.6 Å². The number of carbonyl (C=O) groups is 3. The van der Waals surface area contributed by atoms with Crippen LogP contribution in [0, 0.1) is 0 Å². The molecule has 8 nitrogen and oxygen atoms in total. The van der Waals surface area contributed by atoms with Gasteiger partial charge < -0.3 is 14.2 Å². The van der Waals surface area contributed by atoms with Gasteiger partial charge in [-0.2, -0.15) is 0 Å². The van der Waals surface area contributed by atoms with Crippen LogP contribution >= 0.6 is 0 Å². The lowest BCUT2D eigenvalue weighted by Crippen LogP contribution is -2.47. The van der Waals surface area contributed by atoms with E-state index in [4.69, 9.17) is 14.2 Å². The Morgan fingerprint density at radius 3 is 2.23 bits per heavy atom. The molecule has 2 aromatic rings. The lowest BCUT2D eigenvalue weighted by Gasteiger charge is -2.39. The number of rotatable bonds is 7. The van der Waals surface area contributed by atoms with Crippen molar-refractivity contribution in [3.63, 3.8) is 0 Å². The first-order chi connectivity index (χ1) is 14.5. The standard InChI is InChI=1S/C22H24N2O6/c1-28-17-10-9-15(13-18(17)29-2)20(26)24-23-19(25)14-30-21(27)22(11-6-12-22)16-7-4-3-5-8-16/h3-5,7-10,13H,6,11-12,14H2,1-2H3,(H,23,25)(H,24,26). The number of benzene rings is 2. The number of ether oxygens (including phenoxy) is 3. The fourth-order valence-electron chi connectivity index (χ4n) is 3.38. The maximum atomic E-state index is 12.6. The highest BCUT2D eigenvalue weighted by Gasteiger charge is 2.47. The second-order valence-electron chi connectivity index (χ2n) is 6.95. The highest BCUT2D eigenvalue weighted by Crippen LogP contribution is 2.44. The van der Waals surface area contributed by atoms with E-state index in [1.165, 1.54) is 26.4 Å². The first-order valence-corrected chi connectivity index (χ1v) is 9.54. The number of amides is 2. The molecular formula is C22H24N2O6. The highest BCUT2D eigenvalue weighted by molar-refractivity contribution is 5.96. The average Bonchev–Trinajstić information content (AvgIpc) is 2.75. The predicted octanol–water partition coefficient (Wildman–Crippen LogP) is 2.13. The molecule has 0 aliphatic heterocycles. The van der Waals surface area contributed by atoms with Crippen molar-refractivity contribution in [1.29, 1.82) is 0 Å². The van der Waals surface area contributed by atoms with Crippen LogP contribution in [0.2, 0.25) is 0 Å². The lowest BCUT2D eigenvalue weighted by molar-refractivity contribution is -0.157. The molecule has 1 aliphatic rings. The van der Waals surface area contributed by atoms with Gasteiger partial charge in [0.1, 0.15) is 0 Å². The van der Waals surface area contributed by atoms with Gasteiger partial charge in [0.2, 0.25) is 0 Å². The van der Waals surface area contributed by atoms with Crippen LogP contribution in [0.25, 0.3) is 0 Å². The van der Waals surface area contributed by atoms with Crippen molar-refractivity contribution in [3.8, 4) is 11.5 Å². The van der Waals surface area contributed by atoms with Gasteiger partial charge in [0.25, 0.3) is 11.8 Å². The van der Waals surface area contributed by atoms with E-state index in [9.17, 15) is 14.4 Å². The fourth-order valence-corrected chi connectivity index (χ4v) is 3.38. The molecule has 2 amide bonds. The van der Waals surface area contributed by atoms with Crippen molar-refractivity contribution in [3.05, 3.63) is 59.7 Å². The van der Waals surface area contributed by atoms with Gasteiger partial charge in [0, 0.05) is 5.56 Å². The second kappa shape index (κ2) is 9.30. The van der Waals surface area contributed by atoms with Gasteiger partial charge in [-0.15, -0.1) is 0 Å². The zero-order valence-electron chi connectivity index (χ0n) is 16.9. The van der Waals surface area contributed by atoms with E-state index in [0.29, 0.717) is 24.3 Å². The Morgan fingerprint density at radius 1 is 0.933 bits per heavy atom. The first kappa shape index (κ1) is 21.2. The third kappa shape index (κ3) is 4.37.